The van der Waals surface area contributed by atoms with Gasteiger partial charge in [-0.15, -0.1) is 0 Å². The van der Waals surface area contributed by atoms with Crippen LogP contribution in [0.3, 0.4) is 0 Å². The molecule has 33 heavy (non-hydrogen) atoms. The number of carbonyl (C=O) groups excluding carboxylic acids is 2. The molecule has 1 atom stereocenters. The van der Waals surface area contributed by atoms with Crippen molar-refractivity contribution in [1.82, 2.24) is 10.6 Å². The third-order valence-corrected chi connectivity index (χ3v) is 5.26. The zero-order valence-corrected chi connectivity index (χ0v) is 19.1. The van der Waals surface area contributed by atoms with Crippen molar-refractivity contribution in [1.29, 1.82) is 0 Å². The average Bonchev–Trinajstić information content (AvgIpc) is 3.07. The van der Waals surface area contributed by atoms with Crippen LogP contribution in [-0.4, -0.2) is 48.1 Å². The van der Waals surface area contributed by atoms with E-state index in [1.165, 1.54) is 0 Å². The number of hydrogen-bond acceptors (Lipinski definition) is 5. The molecule has 0 unspecified atom stereocenters. The molecule has 8 nitrogen and oxygen atoms in total. The lowest BCUT2D eigenvalue weighted by atomic mass is 9.98. The summed E-state index contributed by atoms with van der Waals surface area (Å²) in [5.41, 5.74) is 3.79. The van der Waals surface area contributed by atoms with Gasteiger partial charge in [0.2, 0.25) is 0 Å². The van der Waals surface area contributed by atoms with E-state index in [2.05, 4.69) is 22.8 Å². The van der Waals surface area contributed by atoms with E-state index < -0.39 is 29.8 Å². The van der Waals surface area contributed by atoms with Crippen molar-refractivity contribution in [2.45, 2.75) is 51.2 Å². The van der Waals surface area contributed by atoms with Crippen molar-refractivity contribution in [2.24, 2.45) is 0 Å². The maximum absolute atomic E-state index is 12.5. The first-order valence-corrected chi connectivity index (χ1v) is 10.9. The molecule has 0 aromatic heterocycles. The quantitative estimate of drug-likeness (QED) is 0.549. The molecule has 0 radical (unpaired) electrons. The van der Waals surface area contributed by atoms with Gasteiger partial charge in [0.25, 0.3) is 0 Å². The number of fused-ring (bicyclic) bond motifs is 3. The largest absolute Gasteiger partial charge is 0.481 e. The molecule has 0 bridgehead atoms. The first-order chi connectivity index (χ1) is 15.6. The summed E-state index contributed by atoms with van der Waals surface area (Å²) in [7, 11) is 0. The van der Waals surface area contributed by atoms with Crippen LogP contribution in [0.4, 0.5) is 9.59 Å². The van der Waals surface area contributed by atoms with Gasteiger partial charge in [0.05, 0.1) is 6.04 Å². The number of nitrogens with one attached hydrogen (secondary N) is 2. The number of benzene rings is 2. The van der Waals surface area contributed by atoms with Crippen molar-refractivity contribution in [3.8, 4) is 11.1 Å². The predicted molar refractivity (Wildman–Crippen MR) is 123 cm³/mol. The molecule has 8 heteroatoms. The standard InChI is InChI=1S/C25H30N2O6/c1-25(2,3)33-23(30)26-14-16(12-13-22(28)29)27-24(31)32-15-21-19-10-6-4-8-17(19)18-9-5-7-11-20(18)21/h4-11,16,21H,12-15H2,1-3H3,(H,26,30)(H,27,31)(H,28,29)/t16-/m0/s1. The second-order valence-corrected chi connectivity index (χ2v) is 8.98. The summed E-state index contributed by atoms with van der Waals surface area (Å²) in [6.45, 7) is 5.38. The molecule has 1 aliphatic carbocycles. The van der Waals surface area contributed by atoms with Crippen LogP contribution in [0, 0.1) is 0 Å². The molecular formula is C25H30N2O6. The average molecular weight is 455 g/mol. The molecule has 2 amide bonds. The number of carboxylic acids is 1. The Labute approximate surface area is 193 Å². The molecule has 0 saturated carbocycles. The lowest BCUT2D eigenvalue weighted by Crippen LogP contribution is -2.45. The minimum absolute atomic E-state index is 0.0202. The SMILES string of the molecule is CC(C)(C)OC(=O)NC[C@H](CCC(=O)O)NC(=O)OCC1c2ccccc2-c2ccccc21. The number of ether oxygens (including phenoxy) is 2. The second kappa shape index (κ2) is 10.4. The third kappa shape index (κ3) is 6.71. The van der Waals surface area contributed by atoms with E-state index in [0.717, 1.165) is 22.3 Å². The summed E-state index contributed by atoms with van der Waals surface area (Å²) >= 11 is 0. The van der Waals surface area contributed by atoms with E-state index in [9.17, 15) is 14.4 Å². The first-order valence-electron chi connectivity index (χ1n) is 10.9. The van der Waals surface area contributed by atoms with E-state index in [1.54, 1.807) is 20.8 Å². The highest BCUT2D eigenvalue weighted by Gasteiger charge is 2.29. The number of amides is 2. The number of carboxylic acid groups (broad SMARTS) is 1. The van der Waals surface area contributed by atoms with Gasteiger partial charge in [-0.05, 0) is 49.4 Å². The molecule has 3 rings (SSSR count). The van der Waals surface area contributed by atoms with Gasteiger partial charge in [-0.25, -0.2) is 9.59 Å². The van der Waals surface area contributed by atoms with Gasteiger partial charge in [-0.1, -0.05) is 48.5 Å². The molecule has 0 saturated heterocycles. The predicted octanol–water partition coefficient (Wildman–Crippen LogP) is 4.28. The topological polar surface area (TPSA) is 114 Å². The van der Waals surface area contributed by atoms with Gasteiger partial charge < -0.3 is 25.2 Å². The second-order valence-electron chi connectivity index (χ2n) is 8.98. The van der Waals surface area contributed by atoms with Crippen LogP contribution in [0.15, 0.2) is 48.5 Å². The van der Waals surface area contributed by atoms with Crippen LogP contribution in [-0.2, 0) is 14.3 Å². The molecule has 1 aliphatic rings. The fourth-order valence-electron chi connectivity index (χ4n) is 3.85. The highest BCUT2D eigenvalue weighted by atomic mass is 16.6. The lowest BCUT2D eigenvalue weighted by Gasteiger charge is -2.22. The minimum atomic E-state index is -0.994. The summed E-state index contributed by atoms with van der Waals surface area (Å²) in [5.74, 6) is -1.08. The zero-order chi connectivity index (χ0) is 24.0. The molecular weight excluding hydrogens is 424 g/mol. The fraction of sp³-hybridized carbons (Fsp3) is 0.400. The first kappa shape index (κ1) is 24.1. The van der Waals surface area contributed by atoms with E-state index in [-0.39, 0.29) is 31.9 Å². The summed E-state index contributed by atoms with van der Waals surface area (Å²) in [4.78, 5) is 35.4. The molecule has 2 aromatic carbocycles. The van der Waals surface area contributed by atoms with Crippen LogP contribution in [0.1, 0.15) is 50.7 Å². The van der Waals surface area contributed by atoms with Gasteiger partial charge in [-0.2, -0.15) is 0 Å². The fourth-order valence-corrected chi connectivity index (χ4v) is 3.85. The van der Waals surface area contributed by atoms with E-state index in [0.29, 0.717) is 0 Å². The number of alkyl carbamates (subject to hydrolysis) is 2. The summed E-state index contributed by atoms with van der Waals surface area (Å²) in [6, 6.07) is 15.4. The molecule has 0 heterocycles. The van der Waals surface area contributed by atoms with Crippen molar-refractivity contribution in [3.63, 3.8) is 0 Å². The van der Waals surface area contributed by atoms with Crippen molar-refractivity contribution in [3.05, 3.63) is 59.7 Å². The molecule has 3 N–H and O–H groups in total. The Kier molecular flexibility index (Phi) is 7.58. The molecule has 176 valence electrons. The van der Waals surface area contributed by atoms with Crippen molar-refractivity contribution in [2.75, 3.05) is 13.2 Å². The Bertz CT molecular complexity index is 968. The maximum atomic E-state index is 12.5. The van der Waals surface area contributed by atoms with Crippen molar-refractivity contribution >= 4 is 18.2 Å². The minimum Gasteiger partial charge on any atom is -0.481 e. The Morgan fingerprint density at radius 3 is 2.09 bits per heavy atom. The van der Waals surface area contributed by atoms with E-state index in [4.69, 9.17) is 14.6 Å². The normalized spacial score (nSPS) is 13.4. The number of aliphatic carboxylic acids is 1. The third-order valence-electron chi connectivity index (χ3n) is 5.26. The molecule has 0 spiro atoms. The number of carbonyl (C=O) groups is 3. The number of hydrogen-bond donors (Lipinski definition) is 3. The smallest absolute Gasteiger partial charge is 0.407 e. The Morgan fingerprint density at radius 1 is 0.970 bits per heavy atom. The van der Waals surface area contributed by atoms with Crippen molar-refractivity contribution < 1.29 is 29.0 Å². The van der Waals surface area contributed by atoms with Gasteiger partial charge >= 0.3 is 18.2 Å². The molecule has 0 aliphatic heterocycles. The monoisotopic (exact) mass is 454 g/mol. The number of rotatable bonds is 8. The van der Waals surface area contributed by atoms with E-state index in [1.807, 2.05) is 36.4 Å². The zero-order valence-electron chi connectivity index (χ0n) is 19.1. The Balaban J connectivity index is 1.59. The van der Waals surface area contributed by atoms with Gasteiger partial charge in [0.15, 0.2) is 0 Å². The lowest BCUT2D eigenvalue weighted by molar-refractivity contribution is -0.137. The van der Waals surface area contributed by atoms with Crippen LogP contribution in [0.2, 0.25) is 0 Å². The summed E-state index contributed by atoms with van der Waals surface area (Å²) in [6.07, 6.45) is -1.34. The highest BCUT2D eigenvalue weighted by molar-refractivity contribution is 5.79. The van der Waals surface area contributed by atoms with Gasteiger partial charge in [-0.3, -0.25) is 4.79 Å². The van der Waals surface area contributed by atoms with Crippen LogP contribution >= 0.6 is 0 Å². The molecule has 0 fully saturated rings. The van der Waals surface area contributed by atoms with Gasteiger partial charge in [0.1, 0.15) is 12.2 Å². The van der Waals surface area contributed by atoms with Crippen LogP contribution < -0.4 is 10.6 Å². The summed E-state index contributed by atoms with van der Waals surface area (Å²) in [5, 5.41) is 14.2. The molecule has 2 aromatic rings. The van der Waals surface area contributed by atoms with Crippen LogP contribution in [0.25, 0.3) is 11.1 Å². The van der Waals surface area contributed by atoms with Gasteiger partial charge in [0, 0.05) is 18.9 Å². The highest BCUT2D eigenvalue weighted by Crippen LogP contribution is 2.44. The van der Waals surface area contributed by atoms with Crippen LogP contribution in [0.5, 0.6) is 0 Å². The Morgan fingerprint density at radius 2 is 1.55 bits per heavy atom. The summed E-state index contributed by atoms with van der Waals surface area (Å²) < 4.78 is 10.7. The maximum Gasteiger partial charge on any atom is 0.407 e. The van der Waals surface area contributed by atoms with E-state index >= 15 is 0 Å². The Hall–Kier alpha value is -3.55.